The van der Waals surface area contributed by atoms with Crippen LogP contribution in [-0.4, -0.2) is 29.3 Å². The number of hydrogen-bond donors (Lipinski definition) is 3. The van der Waals surface area contributed by atoms with Crippen molar-refractivity contribution in [3.63, 3.8) is 0 Å². The highest BCUT2D eigenvalue weighted by atomic mass is 16.3. The van der Waals surface area contributed by atoms with Crippen molar-refractivity contribution in [3.05, 3.63) is 0 Å². The molecule has 0 spiro atoms. The monoisotopic (exact) mass is 261 g/mol. The first-order valence-electron chi connectivity index (χ1n) is 7.19. The van der Waals surface area contributed by atoms with Gasteiger partial charge in [0.1, 0.15) is 0 Å². The van der Waals surface area contributed by atoms with Gasteiger partial charge < -0.3 is 15.9 Å². The minimum absolute atomic E-state index is 0.125. The van der Waals surface area contributed by atoms with E-state index in [-0.39, 0.29) is 19.1 Å². The van der Waals surface area contributed by atoms with Gasteiger partial charge in [-0.3, -0.25) is 4.79 Å². The van der Waals surface area contributed by atoms with Gasteiger partial charge in [0.25, 0.3) is 0 Å². The molecule has 4 nitrogen and oxygen atoms in total. The molecule has 0 aromatic heterocycles. The molecule has 0 atom stereocenters. The molecular formula is C14H31NO3. The fourth-order valence-corrected chi connectivity index (χ4v) is 1.61. The normalized spacial score (nSPS) is 9.72. The Hall–Kier alpha value is -0.610. The van der Waals surface area contributed by atoms with E-state index >= 15 is 0 Å². The Morgan fingerprint density at radius 2 is 1.22 bits per heavy atom. The molecule has 0 radical (unpaired) electrons. The van der Waals surface area contributed by atoms with Gasteiger partial charge in [0.2, 0.25) is 5.91 Å². The number of aliphatic hydroxyl groups excluding tert-OH is 2. The second kappa shape index (κ2) is 18.7. The van der Waals surface area contributed by atoms with E-state index in [1.807, 2.05) is 0 Å². The Balaban J connectivity index is 0. The molecule has 0 aromatic rings. The van der Waals surface area contributed by atoms with Crippen LogP contribution in [0.1, 0.15) is 71.1 Å². The third kappa shape index (κ3) is 24.6. The van der Waals surface area contributed by atoms with Crippen LogP contribution in [0.3, 0.4) is 0 Å². The molecule has 0 aromatic carbocycles. The van der Waals surface area contributed by atoms with Gasteiger partial charge in [0, 0.05) is 6.42 Å². The SMILES string of the molecule is CCCCCCCCCCCC(N)=O.OCCO. The lowest BCUT2D eigenvalue weighted by Gasteiger charge is -2.00. The zero-order valence-corrected chi connectivity index (χ0v) is 11.9. The fourth-order valence-electron chi connectivity index (χ4n) is 1.61. The van der Waals surface area contributed by atoms with Gasteiger partial charge in [-0.1, -0.05) is 58.3 Å². The van der Waals surface area contributed by atoms with Gasteiger partial charge in [-0.25, -0.2) is 0 Å². The lowest BCUT2D eigenvalue weighted by Crippen LogP contribution is -2.09. The number of unbranched alkanes of at least 4 members (excludes halogenated alkanes) is 8. The van der Waals surface area contributed by atoms with Gasteiger partial charge in [-0.15, -0.1) is 0 Å². The number of hydrogen-bond acceptors (Lipinski definition) is 3. The predicted molar refractivity (Wildman–Crippen MR) is 75.2 cm³/mol. The smallest absolute Gasteiger partial charge is 0.217 e. The van der Waals surface area contributed by atoms with Gasteiger partial charge in [0.15, 0.2) is 0 Å². The first-order chi connectivity index (χ1) is 8.68. The molecule has 0 saturated heterocycles. The molecule has 110 valence electrons. The summed E-state index contributed by atoms with van der Waals surface area (Å²) in [6, 6.07) is 0. The highest BCUT2D eigenvalue weighted by Gasteiger charge is 1.94. The molecular weight excluding hydrogens is 230 g/mol. The number of nitrogens with two attached hydrogens (primary N) is 1. The van der Waals surface area contributed by atoms with Crippen LogP contribution in [0.4, 0.5) is 0 Å². The highest BCUT2D eigenvalue weighted by molar-refractivity contribution is 5.73. The van der Waals surface area contributed by atoms with Gasteiger partial charge in [0.05, 0.1) is 13.2 Å². The Morgan fingerprint density at radius 1 is 0.833 bits per heavy atom. The maximum absolute atomic E-state index is 10.4. The maximum atomic E-state index is 10.4. The van der Waals surface area contributed by atoms with Crippen molar-refractivity contribution in [3.8, 4) is 0 Å². The van der Waals surface area contributed by atoms with Crippen LogP contribution in [0.2, 0.25) is 0 Å². The fraction of sp³-hybridized carbons (Fsp3) is 0.929. The summed E-state index contributed by atoms with van der Waals surface area (Å²) in [6.45, 7) is 1.99. The molecule has 0 unspecified atom stereocenters. The van der Waals surface area contributed by atoms with Crippen molar-refractivity contribution < 1.29 is 15.0 Å². The Bertz CT molecular complexity index is 161. The Kier molecular flexibility index (Phi) is 20.5. The molecule has 0 fully saturated rings. The molecule has 0 rings (SSSR count). The second-order valence-corrected chi connectivity index (χ2v) is 4.49. The van der Waals surface area contributed by atoms with Crippen LogP contribution in [0.15, 0.2) is 0 Å². The molecule has 0 aliphatic heterocycles. The van der Waals surface area contributed by atoms with Crippen molar-refractivity contribution in [1.29, 1.82) is 0 Å². The van der Waals surface area contributed by atoms with Crippen LogP contribution in [0.5, 0.6) is 0 Å². The summed E-state index contributed by atoms with van der Waals surface area (Å²) in [5.74, 6) is -0.159. The van der Waals surface area contributed by atoms with E-state index in [4.69, 9.17) is 15.9 Å². The summed E-state index contributed by atoms with van der Waals surface area (Å²) < 4.78 is 0. The quantitative estimate of drug-likeness (QED) is 0.499. The summed E-state index contributed by atoms with van der Waals surface area (Å²) in [7, 11) is 0. The first kappa shape index (κ1) is 19.7. The van der Waals surface area contributed by atoms with Crippen molar-refractivity contribution in [2.75, 3.05) is 13.2 Å². The Labute approximate surface area is 112 Å². The van der Waals surface area contributed by atoms with Crippen LogP contribution in [-0.2, 0) is 4.79 Å². The minimum atomic E-state index is -0.159. The molecule has 4 heteroatoms. The number of carbonyl (C=O) groups is 1. The highest BCUT2D eigenvalue weighted by Crippen LogP contribution is 2.10. The van der Waals surface area contributed by atoms with Crippen LogP contribution in [0.25, 0.3) is 0 Å². The van der Waals surface area contributed by atoms with E-state index in [1.54, 1.807) is 0 Å². The molecule has 0 heterocycles. The van der Waals surface area contributed by atoms with Crippen LogP contribution < -0.4 is 5.73 Å². The molecule has 0 aliphatic rings. The number of primary amides is 1. The standard InChI is InChI=1S/C12H25NO.C2H6O2/c1-2-3-4-5-6-7-8-9-10-11-12(13)14;3-1-2-4/h2-11H2,1H3,(H2,13,14);3-4H,1-2H2. The number of amides is 1. The Morgan fingerprint density at radius 3 is 1.56 bits per heavy atom. The van der Waals surface area contributed by atoms with Gasteiger partial charge >= 0.3 is 0 Å². The van der Waals surface area contributed by atoms with E-state index in [0.717, 1.165) is 12.8 Å². The van der Waals surface area contributed by atoms with E-state index < -0.39 is 0 Å². The van der Waals surface area contributed by atoms with Crippen molar-refractivity contribution >= 4 is 5.91 Å². The van der Waals surface area contributed by atoms with E-state index in [2.05, 4.69) is 6.92 Å². The van der Waals surface area contributed by atoms with E-state index in [1.165, 1.54) is 44.9 Å². The average Bonchev–Trinajstić information content (AvgIpc) is 2.37. The molecule has 18 heavy (non-hydrogen) atoms. The predicted octanol–water partition coefficient (Wildman–Crippen LogP) is 2.36. The van der Waals surface area contributed by atoms with Crippen LogP contribution >= 0.6 is 0 Å². The summed E-state index contributed by atoms with van der Waals surface area (Å²) in [5.41, 5.74) is 5.05. The molecule has 4 N–H and O–H groups in total. The maximum Gasteiger partial charge on any atom is 0.217 e. The second-order valence-electron chi connectivity index (χ2n) is 4.49. The number of aliphatic hydroxyl groups is 2. The first-order valence-corrected chi connectivity index (χ1v) is 7.19. The van der Waals surface area contributed by atoms with Crippen molar-refractivity contribution in [2.45, 2.75) is 71.1 Å². The summed E-state index contributed by atoms with van der Waals surface area (Å²) >= 11 is 0. The van der Waals surface area contributed by atoms with E-state index in [0.29, 0.717) is 6.42 Å². The zero-order valence-electron chi connectivity index (χ0n) is 11.9. The third-order valence-corrected chi connectivity index (χ3v) is 2.63. The molecule has 0 bridgehead atoms. The topological polar surface area (TPSA) is 83.6 Å². The number of rotatable bonds is 11. The van der Waals surface area contributed by atoms with Crippen molar-refractivity contribution in [2.24, 2.45) is 5.73 Å². The van der Waals surface area contributed by atoms with Gasteiger partial charge in [-0.2, -0.15) is 0 Å². The van der Waals surface area contributed by atoms with Gasteiger partial charge in [-0.05, 0) is 6.42 Å². The lowest BCUT2D eigenvalue weighted by atomic mass is 10.1. The lowest BCUT2D eigenvalue weighted by molar-refractivity contribution is -0.118. The van der Waals surface area contributed by atoms with Crippen LogP contribution in [0, 0.1) is 0 Å². The molecule has 0 saturated carbocycles. The van der Waals surface area contributed by atoms with E-state index in [9.17, 15) is 4.79 Å². The summed E-state index contributed by atoms with van der Waals surface area (Å²) in [4.78, 5) is 10.4. The zero-order chi connectivity index (χ0) is 14.1. The molecule has 1 amide bonds. The average molecular weight is 261 g/mol. The largest absolute Gasteiger partial charge is 0.394 e. The summed E-state index contributed by atoms with van der Waals surface area (Å²) in [6.07, 6.45) is 12.1. The number of carbonyl (C=O) groups excluding carboxylic acids is 1. The van der Waals surface area contributed by atoms with Crippen molar-refractivity contribution in [1.82, 2.24) is 0 Å². The third-order valence-electron chi connectivity index (χ3n) is 2.63. The minimum Gasteiger partial charge on any atom is -0.394 e. The summed E-state index contributed by atoms with van der Waals surface area (Å²) in [5, 5.41) is 15.2. The molecule has 0 aliphatic carbocycles.